The summed E-state index contributed by atoms with van der Waals surface area (Å²) in [5, 5.41) is 186. The SMILES string of the molecule is CC1OC(OC2C(CO)OC(OCC3OC(OC(=O)C45CCC(C)(C)CC4C4=CCC6C7(C)CCC(OC8OCC(O)C(O)C8OC8OC(C)C(O)C(O)C8O)C(C)(CO)C7CCC6(C)C4(C)CC5)C(OC4OCC(O)C(O)C4O)C(O)C3O)C(O)C2O)C(O)C(O)C1O. The first kappa shape index (κ1) is 73.3. The van der Waals surface area contributed by atoms with E-state index >= 15 is 4.79 Å². The molecule has 5 aliphatic carbocycles. The van der Waals surface area contributed by atoms with E-state index in [0.29, 0.717) is 57.8 Å². The second kappa shape index (κ2) is 27.5. The molecular formula is C64H104O30. The number of fused-ring (bicyclic) bond motifs is 7. The standard InChI is InChI=1S/C64H104O30/c1-25-36(69)41(74)46(79)54(86-25)91-49-31(20-65)88-52(48(81)44(49)77)85-23-32-40(73)43(76)51(92-53-45(78)38(71)29(67)21-83-53)57(89-32)94-58(82)64-17-15-59(3,4)19-28(64)27-9-10-34-60(5)13-12-35(61(6,24-66)33(60)11-14-63(34,8)62(27,7)16-18-64)90-56-50(39(72)30(68)22-84-56)93-55-47(80)42(75)37(70)26(2)87-55/h9,25-26,28-57,65-81H,10-24H2,1-8H3. The highest BCUT2D eigenvalue weighted by atomic mass is 16.8. The summed E-state index contributed by atoms with van der Waals surface area (Å²) in [4.78, 5) is 15.8. The first-order valence-corrected chi connectivity index (χ1v) is 33.5. The normalized spacial score (nSPS) is 55.3. The lowest BCUT2D eigenvalue weighted by molar-refractivity contribution is -0.369. The van der Waals surface area contributed by atoms with E-state index < -0.39 is 220 Å². The van der Waals surface area contributed by atoms with Crippen molar-refractivity contribution in [2.45, 2.75) is 298 Å². The van der Waals surface area contributed by atoms with Crippen LogP contribution < -0.4 is 0 Å². The molecule has 6 saturated heterocycles. The van der Waals surface area contributed by atoms with Gasteiger partial charge in [-0.05, 0) is 117 Å². The zero-order valence-electron chi connectivity index (χ0n) is 54.6. The van der Waals surface area contributed by atoms with E-state index in [1.54, 1.807) is 0 Å². The van der Waals surface area contributed by atoms with Crippen molar-refractivity contribution in [3.8, 4) is 0 Å². The molecule has 6 heterocycles. The summed E-state index contributed by atoms with van der Waals surface area (Å²) >= 11 is 0. The van der Waals surface area contributed by atoms with Gasteiger partial charge < -0.3 is 144 Å². The van der Waals surface area contributed by atoms with E-state index in [0.717, 1.165) is 12.0 Å². The van der Waals surface area contributed by atoms with Gasteiger partial charge in [0.1, 0.15) is 116 Å². The van der Waals surface area contributed by atoms with Crippen LogP contribution in [0.15, 0.2) is 11.6 Å². The second-order valence-electron chi connectivity index (χ2n) is 30.8. The van der Waals surface area contributed by atoms with Crippen molar-refractivity contribution in [3.63, 3.8) is 0 Å². The molecule has 11 rings (SSSR count). The molecule has 37 unspecified atom stereocenters. The summed E-state index contributed by atoms with van der Waals surface area (Å²) < 4.78 is 72.0. The Morgan fingerprint density at radius 3 is 1.68 bits per heavy atom. The van der Waals surface area contributed by atoms with Crippen molar-refractivity contribution in [3.05, 3.63) is 11.6 Å². The predicted molar refractivity (Wildman–Crippen MR) is 315 cm³/mol. The molecule has 94 heavy (non-hydrogen) atoms. The van der Waals surface area contributed by atoms with Crippen LogP contribution in [0.1, 0.15) is 120 Å². The van der Waals surface area contributed by atoms with E-state index in [2.05, 4.69) is 40.7 Å². The number of hydrogen-bond acceptors (Lipinski definition) is 30. The molecule has 0 aromatic carbocycles. The van der Waals surface area contributed by atoms with Crippen LogP contribution in [0, 0.1) is 50.2 Å². The molecule has 0 spiro atoms. The van der Waals surface area contributed by atoms with Crippen LogP contribution in [-0.4, -0.2) is 304 Å². The van der Waals surface area contributed by atoms with Crippen molar-refractivity contribution in [1.82, 2.24) is 0 Å². The quantitative estimate of drug-likeness (QED) is 0.0421. The van der Waals surface area contributed by atoms with E-state index in [1.165, 1.54) is 13.8 Å². The molecule has 17 N–H and O–H groups in total. The molecule has 6 aliphatic heterocycles. The average molecular weight is 1350 g/mol. The summed E-state index contributed by atoms with van der Waals surface area (Å²) in [6.45, 7) is 13.5. The van der Waals surface area contributed by atoms with Crippen LogP contribution in [-0.2, 0) is 61.6 Å². The van der Waals surface area contributed by atoms with Crippen LogP contribution in [0.25, 0.3) is 0 Å². The third-order valence-corrected chi connectivity index (χ3v) is 24.9. The lowest BCUT2D eigenvalue weighted by atomic mass is 9.33. The highest BCUT2D eigenvalue weighted by Gasteiger charge is 2.71. The van der Waals surface area contributed by atoms with Gasteiger partial charge in [-0.1, -0.05) is 53.2 Å². The van der Waals surface area contributed by atoms with E-state index in [4.69, 9.17) is 56.8 Å². The number of carbonyl (C=O) groups excluding carboxylic acids is 1. The fourth-order valence-electron chi connectivity index (χ4n) is 18.7. The molecule has 11 aliphatic rings. The van der Waals surface area contributed by atoms with Crippen molar-refractivity contribution in [2.75, 3.05) is 33.0 Å². The second-order valence-corrected chi connectivity index (χ2v) is 30.8. The highest BCUT2D eigenvalue weighted by Crippen LogP contribution is 2.76. The Kier molecular flexibility index (Phi) is 21.4. The maximum absolute atomic E-state index is 15.8. The molecule has 0 radical (unpaired) electrons. The number of hydrogen-bond donors (Lipinski definition) is 17. The fraction of sp³-hybridized carbons (Fsp3) is 0.953. The van der Waals surface area contributed by atoms with Gasteiger partial charge in [-0.15, -0.1) is 0 Å². The number of ether oxygens (including phenoxy) is 12. The van der Waals surface area contributed by atoms with Gasteiger partial charge in [0.05, 0.1) is 56.8 Å². The van der Waals surface area contributed by atoms with Crippen LogP contribution in [0.5, 0.6) is 0 Å². The van der Waals surface area contributed by atoms with Crippen molar-refractivity contribution in [1.29, 1.82) is 0 Å². The molecule has 0 aromatic rings. The highest BCUT2D eigenvalue weighted by molar-refractivity contribution is 5.79. The number of carbonyl (C=O) groups is 1. The maximum atomic E-state index is 15.8. The first-order valence-electron chi connectivity index (χ1n) is 33.5. The molecule has 4 saturated carbocycles. The molecule has 30 nitrogen and oxygen atoms in total. The molecule has 0 bridgehead atoms. The molecule has 540 valence electrons. The molecule has 0 amide bonds. The van der Waals surface area contributed by atoms with Crippen LogP contribution >= 0.6 is 0 Å². The molecule has 0 aromatic heterocycles. The first-order chi connectivity index (χ1) is 44.1. The Hall–Kier alpha value is -1.91. The number of allylic oxidation sites excluding steroid dienone is 2. The van der Waals surface area contributed by atoms with Crippen molar-refractivity contribution in [2.24, 2.45) is 50.2 Å². The smallest absolute Gasteiger partial charge is 0.315 e. The Morgan fingerprint density at radius 1 is 0.511 bits per heavy atom. The Balaban J connectivity index is 0.828. The van der Waals surface area contributed by atoms with Crippen molar-refractivity contribution >= 4 is 5.97 Å². The topological polar surface area (TPSA) is 472 Å². The summed E-state index contributed by atoms with van der Waals surface area (Å²) in [6, 6.07) is 0. The molecule has 30 heteroatoms. The zero-order chi connectivity index (χ0) is 68.4. The van der Waals surface area contributed by atoms with Crippen LogP contribution in [0.3, 0.4) is 0 Å². The summed E-state index contributed by atoms with van der Waals surface area (Å²) in [5.41, 5.74) is -2.43. The van der Waals surface area contributed by atoms with Gasteiger partial charge in [-0.25, -0.2) is 0 Å². The van der Waals surface area contributed by atoms with Gasteiger partial charge >= 0.3 is 5.97 Å². The summed E-state index contributed by atoms with van der Waals surface area (Å²) in [7, 11) is 0. The maximum Gasteiger partial charge on any atom is 0.315 e. The largest absolute Gasteiger partial charge is 0.432 e. The van der Waals surface area contributed by atoms with E-state index in [-0.39, 0.29) is 47.2 Å². The monoisotopic (exact) mass is 1350 g/mol. The number of aliphatic hydroxyl groups excluding tert-OH is 17. The van der Waals surface area contributed by atoms with Gasteiger partial charge in [-0.2, -0.15) is 0 Å². The molecular weight excluding hydrogens is 1250 g/mol. The van der Waals surface area contributed by atoms with E-state index in [9.17, 15) is 86.8 Å². The van der Waals surface area contributed by atoms with Gasteiger partial charge in [0.2, 0.25) is 6.29 Å². The average Bonchev–Trinajstić information content (AvgIpc) is 0.676. The number of rotatable bonds is 15. The minimum absolute atomic E-state index is 0.0632. The van der Waals surface area contributed by atoms with Crippen LogP contribution in [0.2, 0.25) is 0 Å². The third-order valence-electron chi connectivity index (χ3n) is 24.9. The molecule has 10 fully saturated rings. The van der Waals surface area contributed by atoms with Crippen molar-refractivity contribution < 1.29 is 148 Å². The van der Waals surface area contributed by atoms with Crippen LogP contribution in [0.4, 0.5) is 0 Å². The summed E-state index contributed by atoms with van der Waals surface area (Å²) in [5.74, 6) is -1.13. The molecule has 37 atom stereocenters. The zero-order valence-corrected chi connectivity index (χ0v) is 54.6. The van der Waals surface area contributed by atoms with Gasteiger partial charge in [-0.3, -0.25) is 4.79 Å². The van der Waals surface area contributed by atoms with Gasteiger partial charge in [0, 0.05) is 5.41 Å². The lowest BCUT2D eigenvalue weighted by Crippen LogP contribution is -2.67. The van der Waals surface area contributed by atoms with E-state index in [1.807, 2.05) is 6.92 Å². The fourth-order valence-corrected chi connectivity index (χ4v) is 18.7. The Morgan fingerprint density at radius 2 is 1.05 bits per heavy atom. The Bertz CT molecular complexity index is 2640. The number of esters is 1. The third kappa shape index (κ3) is 12.5. The van der Waals surface area contributed by atoms with Gasteiger partial charge in [0.15, 0.2) is 37.6 Å². The predicted octanol–water partition coefficient (Wildman–Crippen LogP) is -4.08. The lowest BCUT2D eigenvalue weighted by Gasteiger charge is -2.71. The Labute approximate surface area is 545 Å². The minimum atomic E-state index is -2.01. The number of aliphatic hydroxyl groups is 17. The van der Waals surface area contributed by atoms with Gasteiger partial charge in [0.25, 0.3) is 0 Å². The summed E-state index contributed by atoms with van der Waals surface area (Å²) in [6.07, 6.45) is -38.3. The minimum Gasteiger partial charge on any atom is -0.432 e.